The van der Waals surface area contributed by atoms with Gasteiger partial charge in [0.25, 0.3) is 0 Å². The summed E-state index contributed by atoms with van der Waals surface area (Å²) in [5, 5.41) is 0. The van der Waals surface area contributed by atoms with Crippen molar-refractivity contribution in [2.24, 2.45) is 0 Å². The van der Waals surface area contributed by atoms with Crippen LogP contribution in [0.3, 0.4) is 0 Å². The molecule has 0 N–H and O–H groups in total. The van der Waals surface area contributed by atoms with Crippen molar-refractivity contribution < 1.29 is 33.3 Å². The molecule has 0 aromatic carbocycles. The Bertz CT molecular complexity index is 411. The standard InChI is InChI=1S/C18H34O7/c1-15(2,3)23-13(19)21-11-17(7,8)25-18(9,10)12-22-14(20)24-16(4,5)6/h11-12H2,1-10H3. The molecular formula is C18H34O7. The van der Waals surface area contributed by atoms with Gasteiger partial charge in [-0.05, 0) is 69.2 Å². The monoisotopic (exact) mass is 362 g/mol. The van der Waals surface area contributed by atoms with Crippen LogP contribution in [0.4, 0.5) is 9.59 Å². The van der Waals surface area contributed by atoms with Gasteiger partial charge in [-0.15, -0.1) is 0 Å². The van der Waals surface area contributed by atoms with Crippen LogP contribution in [-0.4, -0.2) is 47.9 Å². The highest BCUT2D eigenvalue weighted by molar-refractivity contribution is 5.60. The Labute approximate surface area is 151 Å². The molecule has 0 rings (SSSR count). The summed E-state index contributed by atoms with van der Waals surface area (Å²) in [6.45, 7) is 17.6. The summed E-state index contributed by atoms with van der Waals surface area (Å²) < 4.78 is 26.3. The molecule has 0 radical (unpaired) electrons. The average molecular weight is 362 g/mol. The summed E-state index contributed by atoms with van der Waals surface area (Å²) in [7, 11) is 0. The quantitative estimate of drug-likeness (QED) is 0.645. The second-order valence-corrected chi connectivity index (χ2v) is 9.13. The van der Waals surface area contributed by atoms with Crippen molar-refractivity contribution in [3.63, 3.8) is 0 Å². The van der Waals surface area contributed by atoms with Crippen LogP contribution in [0.15, 0.2) is 0 Å². The van der Waals surface area contributed by atoms with E-state index in [1.165, 1.54) is 0 Å². The summed E-state index contributed by atoms with van der Waals surface area (Å²) >= 11 is 0. The fourth-order valence-corrected chi connectivity index (χ4v) is 1.83. The number of carbonyl (C=O) groups excluding carboxylic acids is 2. The normalized spacial score (nSPS) is 13.2. The third kappa shape index (κ3) is 13.5. The first kappa shape index (κ1) is 23.5. The third-order valence-electron chi connectivity index (χ3n) is 2.41. The van der Waals surface area contributed by atoms with Crippen molar-refractivity contribution in [3.05, 3.63) is 0 Å². The molecule has 0 fully saturated rings. The lowest BCUT2D eigenvalue weighted by atomic mass is 10.1. The topological polar surface area (TPSA) is 80.3 Å². The molecule has 0 aromatic rings. The number of rotatable bonds is 6. The fourth-order valence-electron chi connectivity index (χ4n) is 1.83. The summed E-state index contributed by atoms with van der Waals surface area (Å²) in [4.78, 5) is 23.3. The molecule has 0 aliphatic rings. The zero-order chi connectivity index (χ0) is 20.1. The van der Waals surface area contributed by atoms with E-state index in [9.17, 15) is 9.59 Å². The highest BCUT2D eigenvalue weighted by atomic mass is 16.7. The Morgan fingerprint density at radius 1 is 0.600 bits per heavy atom. The van der Waals surface area contributed by atoms with Gasteiger partial charge in [0.1, 0.15) is 24.4 Å². The lowest BCUT2D eigenvalue weighted by Gasteiger charge is -2.35. The molecule has 0 aromatic heterocycles. The lowest BCUT2D eigenvalue weighted by Crippen LogP contribution is -2.44. The van der Waals surface area contributed by atoms with Crippen molar-refractivity contribution in [2.45, 2.75) is 91.6 Å². The molecule has 0 saturated carbocycles. The van der Waals surface area contributed by atoms with E-state index in [1.807, 2.05) is 0 Å². The van der Waals surface area contributed by atoms with Crippen LogP contribution < -0.4 is 0 Å². The molecule has 0 bridgehead atoms. The molecule has 0 saturated heterocycles. The van der Waals surface area contributed by atoms with Gasteiger partial charge in [-0.2, -0.15) is 0 Å². The largest absolute Gasteiger partial charge is 0.508 e. The van der Waals surface area contributed by atoms with Crippen LogP contribution in [0.1, 0.15) is 69.2 Å². The molecular weight excluding hydrogens is 328 g/mol. The van der Waals surface area contributed by atoms with Crippen LogP contribution >= 0.6 is 0 Å². The van der Waals surface area contributed by atoms with Crippen LogP contribution in [0.2, 0.25) is 0 Å². The maximum absolute atomic E-state index is 11.6. The smallest absolute Gasteiger partial charge is 0.431 e. The Kier molecular flexibility index (Phi) is 7.76. The first-order valence-corrected chi connectivity index (χ1v) is 8.33. The van der Waals surface area contributed by atoms with E-state index in [2.05, 4.69) is 0 Å². The minimum absolute atomic E-state index is 0.00220. The van der Waals surface area contributed by atoms with Crippen molar-refractivity contribution >= 4 is 12.3 Å². The van der Waals surface area contributed by atoms with E-state index in [4.69, 9.17) is 23.7 Å². The van der Waals surface area contributed by atoms with Crippen LogP contribution in [0, 0.1) is 0 Å². The minimum atomic E-state index is -0.794. The summed E-state index contributed by atoms with van der Waals surface area (Å²) in [5.74, 6) is 0. The molecule has 7 heteroatoms. The molecule has 0 amide bonds. The van der Waals surface area contributed by atoms with Crippen LogP contribution in [0.25, 0.3) is 0 Å². The third-order valence-corrected chi connectivity index (χ3v) is 2.41. The van der Waals surface area contributed by atoms with E-state index < -0.39 is 34.7 Å². The Hall–Kier alpha value is -1.50. The minimum Gasteiger partial charge on any atom is -0.431 e. The van der Waals surface area contributed by atoms with Crippen molar-refractivity contribution in [3.8, 4) is 0 Å². The number of hydrogen-bond donors (Lipinski definition) is 0. The number of ether oxygens (including phenoxy) is 5. The van der Waals surface area contributed by atoms with E-state index in [-0.39, 0.29) is 13.2 Å². The van der Waals surface area contributed by atoms with Gasteiger partial charge >= 0.3 is 12.3 Å². The van der Waals surface area contributed by atoms with E-state index in [0.29, 0.717) is 0 Å². The molecule has 0 spiro atoms. The van der Waals surface area contributed by atoms with Gasteiger partial charge in [-0.25, -0.2) is 9.59 Å². The maximum Gasteiger partial charge on any atom is 0.508 e. The molecule has 25 heavy (non-hydrogen) atoms. The van der Waals surface area contributed by atoms with Crippen LogP contribution in [-0.2, 0) is 23.7 Å². The van der Waals surface area contributed by atoms with Crippen molar-refractivity contribution in [1.82, 2.24) is 0 Å². The van der Waals surface area contributed by atoms with Crippen molar-refractivity contribution in [1.29, 1.82) is 0 Å². The Morgan fingerprint density at radius 3 is 1.12 bits per heavy atom. The van der Waals surface area contributed by atoms with E-state index >= 15 is 0 Å². The summed E-state index contributed by atoms with van der Waals surface area (Å²) in [6, 6.07) is 0. The van der Waals surface area contributed by atoms with Crippen LogP contribution in [0.5, 0.6) is 0 Å². The second-order valence-electron chi connectivity index (χ2n) is 9.13. The number of hydrogen-bond acceptors (Lipinski definition) is 7. The molecule has 0 aliphatic heterocycles. The zero-order valence-corrected chi connectivity index (χ0v) is 17.3. The SMILES string of the molecule is CC(C)(C)OC(=O)OCC(C)(C)OC(C)(C)COC(=O)OC(C)(C)C. The Balaban J connectivity index is 4.45. The van der Waals surface area contributed by atoms with E-state index in [0.717, 1.165) is 0 Å². The second kappa shape index (κ2) is 8.25. The van der Waals surface area contributed by atoms with Gasteiger partial charge in [-0.1, -0.05) is 0 Å². The highest BCUT2D eigenvalue weighted by Crippen LogP contribution is 2.22. The average Bonchev–Trinajstić information content (AvgIpc) is 2.29. The van der Waals surface area contributed by atoms with Gasteiger partial charge < -0.3 is 23.7 Å². The molecule has 7 nitrogen and oxygen atoms in total. The lowest BCUT2D eigenvalue weighted by molar-refractivity contribution is -0.167. The molecule has 0 aliphatic carbocycles. The first-order valence-electron chi connectivity index (χ1n) is 8.33. The zero-order valence-electron chi connectivity index (χ0n) is 17.3. The predicted molar refractivity (Wildman–Crippen MR) is 93.6 cm³/mol. The Morgan fingerprint density at radius 2 is 0.880 bits per heavy atom. The highest BCUT2D eigenvalue weighted by Gasteiger charge is 2.33. The fraction of sp³-hybridized carbons (Fsp3) is 0.889. The van der Waals surface area contributed by atoms with E-state index in [1.54, 1.807) is 69.2 Å². The summed E-state index contributed by atoms with van der Waals surface area (Å²) in [5.41, 5.74) is -2.83. The van der Waals surface area contributed by atoms with Gasteiger partial charge in [0.15, 0.2) is 0 Å². The predicted octanol–water partition coefficient (Wildman–Crippen LogP) is 4.46. The molecule has 0 atom stereocenters. The molecule has 0 unspecified atom stereocenters. The molecule has 0 heterocycles. The van der Waals surface area contributed by atoms with Gasteiger partial charge in [-0.3, -0.25) is 0 Å². The van der Waals surface area contributed by atoms with Gasteiger partial charge in [0.2, 0.25) is 0 Å². The first-order chi connectivity index (χ1) is 10.9. The summed E-state index contributed by atoms with van der Waals surface area (Å²) in [6.07, 6.45) is -1.51. The van der Waals surface area contributed by atoms with Gasteiger partial charge in [0.05, 0.1) is 11.2 Å². The number of carbonyl (C=O) groups is 2. The maximum atomic E-state index is 11.6. The molecule has 148 valence electrons. The van der Waals surface area contributed by atoms with Gasteiger partial charge in [0, 0.05) is 0 Å². The van der Waals surface area contributed by atoms with Crippen molar-refractivity contribution in [2.75, 3.05) is 13.2 Å².